The van der Waals surface area contributed by atoms with Gasteiger partial charge in [-0.2, -0.15) is 0 Å². The van der Waals surface area contributed by atoms with Crippen LogP contribution in [0.4, 0.5) is 4.39 Å². The molecule has 152 valence electrons. The smallest absolute Gasteiger partial charge is 0.248 e. The number of primary amides is 1. The van der Waals surface area contributed by atoms with Crippen molar-refractivity contribution in [2.75, 3.05) is 0 Å². The predicted molar refractivity (Wildman–Crippen MR) is 111 cm³/mol. The molecule has 1 heterocycles. The fourth-order valence-electron chi connectivity index (χ4n) is 2.99. The zero-order chi connectivity index (χ0) is 21.1. The number of aromatic amines is 1. The van der Waals surface area contributed by atoms with E-state index in [9.17, 15) is 9.18 Å². The Morgan fingerprint density at radius 2 is 1.77 bits per heavy atom. The van der Waals surface area contributed by atoms with Crippen LogP contribution in [0.1, 0.15) is 27.3 Å². The van der Waals surface area contributed by atoms with E-state index in [1.165, 1.54) is 12.1 Å². The van der Waals surface area contributed by atoms with Gasteiger partial charge in [0, 0.05) is 5.56 Å². The molecule has 0 aliphatic carbocycles. The number of H-pyrrole nitrogens is 1. The molecule has 1 aromatic heterocycles. The lowest BCUT2D eigenvalue weighted by atomic mass is 10.1. The Labute approximate surface area is 172 Å². The van der Waals surface area contributed by atoms with Gasteiger partial charge in [0.25, 0.3) is 0 Å². The number of carbonyl (C=O) groups excluding carboxylic acids is 1. The van der Waals surface area contributed by atoms with Crippen molar-refractivity contribution in [1.82, 2.24) is 9.97 Å². The van der Waals surface area contributed by atoms with Gasteiger partial charge in [0.15, 0.2) is 11.5 Å². The number of halogens is 1. The van der Waals surface area contributed by atoms with Crippen molar-refractivity contribution in [3.8, 4) is 11.5 Å². The Kier molecular flexibility index (Phi) is 5.34. The lowest BCUT2D eigenvalue weighted by Crippen LogP contribution is -2.11. The number of rotatable bonds is 7. The molecule has 7 heteroatoms. The maximum atomic E-state index is 13.4. The molecule has 0 saturated heterocycles. The van der Waals surface area contributed by atoms with E-state index in [1.807, 2.05) is 31.2 Å². The Bertz CT molecular complexity index is 1200. The molecule has 0 aliphatic heterocycles. The number of benzene rings is 3. The summed E-state index contributed by atoms with van der Waals surface area (Å²) in [5, 5.41) is 0. The van der Waals surface area contributed by atoms with Gasteiger partial charge in [-0.05, 0) is 48.9 Å². The molecular weight excluding hydrogens is 385 g/mol. The van der Waals surface area contributed by atoms with Crippen LogP contribution in [0, 0.1) is 12.7 Å². The van der Waals surface area contributed by atoms with Crippen LogP contribution in [0.3, 0.4) is 0 Å². The molecule has 30 heavy (non-hydrogen) atoms. The Balaban J connectivity index is 1.53. The van der Waals surface area contributed by atoms with Crippen LogP contribution in [0.2, 0.25) is 0 Å². The van der Waals surface area contributed by atoms with E-state index in [0.717, 1.165) is 11.1 Å². The molecule has 6 nitrogen and oxygen atoms in total. The number of imidazole rings is 1. The van der Waals surface area contributed by atoms with Crippen LogP contribution in [0.15, 0.2) is 60.7 Å². The highest BCUT2D eigenvalue weighted by molar-refractivity contribution is 5.93. The first-order valence-corrected chi connectivity index (χ1v) is 9.37. The van der Waals surface area contributed by atoms with Crippen molar-refractivity contribution in [2.45, 2.75) is 20.1 Å². The number of nitrogens with one attached hydrogen (secondary N) is 1. The number of aromatic nitrogens is 2. The first kappa shape index (κ1) is 19.4. The third-order valence-electron chi connectivity index (χ3n) is 4.60. The Morgan fingerprint density at radius 3 is 2.53 bits per heavy atom. The van der Waals surface area contributed by atoms with Gasteiger partial charge in [-0.3, -0.25) is 4.79 Å². The lowest BCUT2D eigenvalue weighted by molar-refractivity contribution is 0.0999. The van der Waals surface area contributed by atoms with Gasteiger partial charge in [-0.1, -0.05) is 29.8 Å². The minimum absolute atomic E-state index is 0.118. The second-order valence-corrected chi connectivity index (χ2v) is 6.93. The van der Waals surface area contributed by atoms with E-state index in [2.05, 4.69) is 9.97 Å². The number of aryl methyl sites for hydroxylation is 1. The first-order chi connectivity index (χ1) is 14.5. The quantitative estimate of drug-likeness (QED) is 0.481. The van der Waals surface area contributed by atoms with Crippen LogP contribution in [-0.2, 0) is 13.2 Å². The average molecular weight is 405 g/mol. The van der Waals surface area contributed by atoms with Crippen LogP contribution in [0.25, 0.3) is 11.0 Å². The highest BCUT2D eigenvalue weighted by atomic mass is 19.1. The minimum Gasteiger partial charge on any atom is -0.485 e. The summed E-state index contributed by atoms with van der Waals surface area (Å²) >= 11 is 0. The largest absolute Gasteiger partial charge is 0.485 e. The first-order valence-electron chi connectivity index (χ1n) is 9.37. The maximum absolute atomic E-state index is 13.4. The molecule has 4 aromatic rings. The molecule has 0 atom stereocenters. The highest BCUT2D eigenvalue weighted by Gasteiger charge is 2.12. The van der Waals surface area contributed by atoms with Gasteiger partial charge >= 0.3 is 0 Å². The number of ether oxygens (including phenoxy) is 2. The summed E-state index contributed by atoms with van der Waals surface area (Å²) in [7, 11) is 0. The number of nitrogens with two attached hydrogens (primary N) is 1. The standard InChI is InChI=1S/C23H20FN3O3/c1-14-2-4-15(5-3-14)12-29-21-10-16(23(25)28)6-9-20(21)30-13-22-26-18-8-7-17(24)11-19(18)27-22/h2-11H,12-13H2,1H3,(H2,25,28)(H,26,27). The van der Waals surface area contributed by atoms with E-state index >= 15 is 0 Å². The average Bonchev–Trinajstić information content (AvgIpc) is 3.14. The van der Waals surface area contributed by atoms with Crippen LogP contribution in [-0.4, -0.2) is 15.9 Å². The number of nitrogens with zero attached hydrogens (tertiary/aromatic N) is 1. The second kappa shape index (κ2) is 8.24. The fraction of sp³-hybridized carbons (Fsp3) is 0.130. The number of fused-ring (bicyclic) bond motifs is 1. The van der Waals surface area contributed by atoms with E-state index in [-0.39, 0.29) is 12.4 Å². The molecule has 0 radical (unpaired) electrons. The number of hydrogen-bond acceptors (Lipinski definition) is 4. The molecule has 0 aliphatic rings. The van der Waals surface area contributed by atoms with Gasteiger partial charge in [-0.25, -0.2) is 9.37 Å². The summed E-state index contributed by atoms with van der Waals surface area (Å²) in [6, 6.07) is 17.0. The molecule has 0 fully saturated rings. The third-order valence-corrected chi connectivity index (χ3v) is 4.60. The van der Waals surface area contributed by atoms with Crippen molar-refractivity contribution in [1.29, 1.82) is 0 Å². The molecule has 0 saturated carbocycles. The Hall–Kier alpha value is -3.87. The highest BCUT2D eigenvalue weighted by Crippen LogP contribution is 2.30. The zero-order valence-electron chi connectivity index (χ0n) is 16.3. The maximum Gasteiger partial charge on any atom is 0.248 e. The summed E-state index contributed by atoms with van der Waals surface area (Å²) in [6.07, 6.45) is 0. The molecule has 0 unspecified atom stereocenters. The number of carbonyl (C=O) groups is 1. The Morgan fingerprint density at radius 1 is 1.00 bits per heavy atom. The SMILES string of the molecule is Cc1ccc(COc2cc(C(N)=O)ccc2OCc2nc3ccc(F)cc3[nH]2)cc1. The van der Waals surface area contributed by atoms with Gasteiger partial charge in [-0.15, -0.1) is 0 Å². The number of hydrogen-bond donors (Lipinski definition) is 2. The molecule has 0 bridgehead atoms. The molecule has 3 aromatic carbocycles. The van der Waals surface area contributed by atoms with E-state index < -0.39 is 5.91 Å². The summed E-state index contributed by atoms with van der Waals surface area (Å²) in [4.78, 5) is 19.0. The van der Waals surface area contributed by atoms with Crippen LogP contribution >= 0.6 is 0 Å². The summed E-state index contributed by atoms with van der Waals surface area (Å²) in [5.41, 5.74) is 9.09. The van der Waals surface area contributed by atoms with Crippen molar-refractivity contribution < 1.29 is 18.7 Å². The number of amides is 1. The molecule has 0 spiro atoms. The molecule has 4 rings (SSSR count). The topological polar surface area (TPSA) is 90.2 Å². The van der Waals surface area contributed by atoms with Crippen LogP contribution in [0.5, 0.6) is 11.5 Å². The lowest BCUT2D eigenvalue weighted by Gasteiger charge is -2.13. The summed E-state index contributed by atoms with van der Waals surface area (Å²) in [5.74, 6) is 0.486. The van der Waals surface area contributed by atoms with Gasteiger partial charge < -0.3 is 20.2 Å². The fourth-order valence-corrected chi connectivity index (χ4v) is 2.99. The van der Waals surface area contributed by atoms with Crippen molar-refractivity contribution in [3.05, 3.63) is 89.0 Å². The second-order valence-electron chi connectivity index (χ2n) is 6.93. The molecular formula is C23H20FN3O3. The van der Waals surface area contributed by atoms with E-state index in [4.69, 9.17) is 15.2 Å². The molecule has 3 N–H and O–H groups in total. The monoisotopic (exact) mass is 405 g/mol. The third kappa shape index (κ3) is 4.41. The van der Waals surface area contributed by atoms with Crippen LogP contribution < -0.4 is 15.2 Å². The predicted octanol–water partition coefficient (Wildman–Crippen LogP) is 4.27. The van der Waals surface area contributed by atoms with E-state index in [0.29, 0.717) is 40.5 Å². The van der Waals surface area contributed by atoms with E-state index in [1.54, 1.807) is 24.3 Å². The summed E-state index contributed by atoms with van der Waals surface area (Å²) in [6.45, 7) is 2.44. The van der Waals surface area contributed by atoms with Gasteiger partial charge in [0.2, 0.25) is 5.91 Å². The van der Waals surface area contributed by atoms with Crippen molar-refractivity contribution in [2.24, 2.45) is 5.73 Å². The van der Waals surface area contributed by atoms with Gasteiger partial charge in [0.1, 0.15) is 24.9 Å². The normalized spacial score (nSPS) is 10.9. The molecule has 1 amide bonds. The van der Waals surface area contributed by atoms with Crippen molar-refractivity contribution in [3.63, 3.8) is 0 Å². The van der Waals surface area contributed by atoms with Gasteiger partial charge in [0.05, 0.1) is 11.0 Å². The summed E-state index contributed by atoms with van der Waals surface area (Å²) < 4.78 is 25.1. The zero-order valence-corrected chi connectivity index (χ0v) is 16.3. The minimum atomic E-state index is -0.555. The van der Waals surface area contributed by atoms with Crippen molar-refractivity contribution >= 4 is 16.9 Å².